The third-order valence-electron chi connectivity index (χ3n) is 7.29. The number of hydrogen-bond donors (Lipinski definition) is 0. The van der Waals surface area contributed by atoms with E-state index < -0.39 is 0 Å². The second-order valence-electron chi connectivity index (χ2n) is 10.0. The molecule has 0 atom stereocenters. The van der Waals surface area contributed by atoms with Crippen LogP contribution in [0, 0.1) is 5.92 Å². The van der Waals surface area contributed by atoms with Gasteiger partial charge in [0.1, 0.15) is 17.8 Å². The van der Waals surface area contributed by atoms with Crippen LogP contribution in [0.5, 0.6) is 0 Å². The van der Waals surface area contributed by atoms with Gasteiger partial charge in [-0.3, -0.25) is 9.69 Å². The number of piperidine rings is 1. The number of halogens is 1. The van der Waals surface area contributed by atoms with Gasteiger partial charge in [-0.1, -0.05) is 23.7 Å². The maximum Gasteiger partial charge on any atom is 0.264 e. The third kappa shape index (κ3) is 6.73. The van der Waals surface area contributed by atoms with E-state index in [9.17, 15) is 4.79 Å². The molecule has 0 bridgehead atoms. The third-order valence-corrected chi connectivity index (χ3v) is 8.44. The zero-order chi connectivity index (χ0) is 25.8. The molecular formula is C26H34ClN7O2S. The standard InChI is InChI=1S/C26H34ClN7O2S/c1-31-11-9-19(10-12-31)17-33-13-15-34(16-14-33)23(35)8-7-22-24(20-3-5-21(27)6-4-20)29-26(36-22)37-25-30-28-18-32(25)2/h3-6,18-19H,7-17H2,1-2H3. The van der Waals surface area contributed by atoms with E-state index in [0.717, 1.165) is 49.9 Å². The number of aromatic nitrogens is 4. The molecule has 2 aliphatic rings. The minimum Gasteiger partial charge on any atom is -0.436 e. The van der Waals surface area contributed by atoms with Crippen LogP contribution in [0.3, 0.4) is 0 Å². The van der Waals surface area contributed by atoms with Crippen LogP contribution in [0.1, 0.15) is 25.0 Å². The first-order chi connectivity index (χ1) is 17.9. The molecule has 198 valence electrons. The summed E-state index contributed by atoms with van der Waals surface area (Å²) < 4.78 is 7.94. The summed E-state index contributed by atoms with van der Waals surface area (Å²) in [4.78, 5) is 24.8. The van der Waals surface area contributed by atoms with Gasteiger partial charge in [-0.2, -0.15) is 0 Å². The van der Waals surface area contributed by atoms with Gasteiger partial charge in [0.25, 0.3) is 5.22 Å². The molecule has 0 N–H and O–H groups in total. The Morgan fingerprint density at radius 2 is 1.81 bits per heavy atom. The van der Waals surface area contributed by atoms with Gasteiger partial charge >= 0.3 is 0 Å². The van der Waals surface area contributed by atoms with Crippen molar-refractivity contribution in [2.24, 2.45) is 13.0 Å². The maximum atomic E-state index is 13.1. The number of aryl methyl sites for hydroxylation is 2. The van der Waals surface area contributed by atoms with E-state index >= 15 is 0 Å². The number of hydrogen-bond acceptors (Lipinski definition) is 8. The molecule has 4 heterocycles. The fourth-order valence-corrected chi connectivity index (χ4v) is 5.83. The van der Waals surface area contributed by atoms with Crippen LogP contribution in [0.15, 0.2) is 45.4 Å². The van der Waals surface area contributed by atoms with Crippen molar-refractivity contribution in [3.8, 4) is 11.3 Å². The van der Waals surface area contributed by atoms with E-state index in [2.05, 4.69) is 27.0 Å². The molecule has 2 fully saturated rings. The van der Waals surface area contributed by atoms with Crippen LogP contribution in [0.4, 0.5) is 0 Å². The van der Waals surface area contributed by atoms with Gasteiger partial charge in [0.15, 0.2) is 5.16 Å². The van der Waals surface area contributed by atoms with Gasteiger partial charge in [-0.15, -0.1) is 10.2 Å². The van der Waals surface area contributed by atoms with Crippen molar-refractivity contribution in [2.45, 2.75) is 36.1 Å². The Morgan fingerprint density at radius 3 is 2.49 bits per heavy atom. The van der Waals surface area contributed by atoms with Crippen molar-refractivity contribution >= 4 is 29.3 Å². The topological polar surface area (TPSA) is 83.5 Å². The van der Waals surface area contributed by atoms with Crippen molar-refractivity contribution in [1.82, 2.24) is 34.4 Å². The minimum absolute atomic E-state index is 0.167. The van der Waals surface area contributed by atoms with E-state index in [4.69, 9.17) is 21.0 Å². The highest BCUT2D eigenvalue weighted by molar-refractivity contribution is 7.99. The van der Waals surface area contributed by atoms with Crippen LogP contribution < -0.4 is 0 Å². The van der Waals surface area contributed by atoms with Crippen molar-refractivity contribution in [2.75, 3.05) is 52.9 Å². The van der Waals surface area contributed by atoms with Crippen molar-refractivity contribution in [3.05, 3.63) is 41.4 Å². The lowest BCUT2D eigenvalue weighted by molar-refractivity contribution is -0.133. The average molecular weight is 544 g/mol. The van der Waals surface area contributed by atoms with E-state index in [1.165, 1.54) is 37.7 Å². The Hall–Kier alpha value is -2.40. The molecule has 2 aliphatic heterocycles. The highest BCUT2D eigenvalue weighted by Crippen LogP contribution is 2.33. The quantitative estimate of drug-likeness (QED) is 0.425. The molecule has 0 spiro atoms. The van der Waals surface area contributed by atoms with Gasteiger partial charge in [-0.25, -0.2) is 4.98 Å². The van der Waals surface area contributed by atoms with Gasteiger partial charge in [0, 0.05) is 75.0 Å². The summed E-state index contributed by atoms with van der Waals surface area (Å²) in [5.74, 6) is 1.64. The van der Waals surface area contributed by atoms with Crippen LogP contribution in [-0.2, 0) is 18.3 Å². The summed E-state index contributed by atoms with van der Waals surface area (Å²) in [7, 11) is 4.08. The first kappa shape index (κ1) is 26.2. The predicted molar refractivity (Wildman–Crippen MR) is 144 cm³/mol. The molecule has 1 aromatic carbocycles. The number of nitrogens with zero attached hydrogens (tertiary/aromatic N) is 7. The Balaban J connectivity index is 1.19. The van der Waals surface area contributed by atoms with E-state index in [0.29, 0.717) is 34.0 Å². The maximum absolute atomic E-state index is 13.1. The van der Waals surface area contributed by atoms with Crippen molar-refractivity contribution in [3.63, 3.8) is 0 Å². The zero-order valence-corrected chi connectivity index (χ0v) is 23.0. The lowest BCUT2D eigenvalue weighted by Crippen LogP contribution is -2.50. The number of carbonyl (C=O) groups excluding carboxylic acids is 1. The second-order valence-corrected chi connectivity index (χ2v) is 11.4. The van der Waals surface area contributed by atoms with E-state index in [1.807, 2.05) is 40.8 Å². The largest absolute Gasteiger partial charge is 0.436 e. The Bertz CT molecular complexity index is 1180. The van der Waals surface area contributed by atoms with Gasteiger partial charge in [-0.05, 0) is 51.0 Å². The van der Waals surface area contributed by atoms with Crippen LogP contribution >= 0.6 is 23.4 Å². The Labute approximate surface area is 227 Å². The minimum atomic E-state index is 0.167. The lowest BCUT2D eigenvalue weighted by atomic mass is 9.96. The van der Waals surface area contributed by atoms with Gasteiger partial charge in [0.2, 0.25) is 5.91 Å². The molecule has 0 unspecified atom stereocenters. The summed E-state index contributed by atoms with van der Waals surface area (Å²) in [6.45, 7) is 7.04. The molecule has 9 nitrogen and oxygen atoms in total. The molecule has 11 heteroatoms. The number of piperazine rings is 1. The number of likely N-dealkylation sites (tertiary alicyclic amines) is 1. The molecule has 5 rings (SSSR count). The first-order valence-corrected chi connectivity index (χ1v) is 14.1. The van der Waals surface area contributed by atoms with Crippen LogP contribution in [0.25, 0.3) is 11.3 Å². The number of benzene rings is 1. The highest BCUT2D eigenvalue weighted by Gasteiger charge is 2.26. The number of rotatable bonds is 8. The predicted octanol–water partition coefficient (Wildman–Crippen LogP) is 3.69. The monoisotopic (exact) mass is 543 g/mol. The van der Waals surface area contributed by atoms with Crippen molar-refractivity contribution in [1.29, 1.82) is 0 Å². The molecule has 0 aliphatic carbocycles. The molecular weight excluding hydrogens is 510 g/mol. The molecule has 1 amide bonds. The average Bonchev–Trinajstić information content (AvgIpc) is 3.50. The lowest BCUT2D eigenvalue weighted by Gasteiger charge is -2.38. The van der Waals surface area contributed by atoms with Gasteiger partial charge < -0.3 is 18.8 Å². The molecule has 0 saturated carbocycles. The second kappa shape index (κ2) is 12.0. The van der Waals surface area contributed by atoms with Crippen LogP contribution in [0.2, 0.25) is 5.02 Å². The fraction of sp³-hybridized carbons (Fsp3) is 0.538. The Morgan fingerprint density at radius 1 is 1.08 bits per heavy atom. The summed E-state index contributed by atoms with van der Waals surface area (Å²) in [5, 5.41) is 9.85. The molecule has 37 heavy (non-hydrogen) atoms. The highest BCUT2D eigenvalue weighted by atomic mass is 35.5. The summed E-state index contributed by atoms with van der Waals surface area (Å²) in [6.07, 6.45) is 5.07. The summed E-state index contributed by atoms with van der Waals surface area (Å²) in [5.41, 5.74) is 1.64. The number of amides is 1. The normalized spacial score (nSPS) is 18.0. The van der Waals surface area contributed by atoms with Crippen molar-refractivity contribution < 1.29 is 9.21 Å². The molecule has 2 saturated heterocycles. The van der Waals surface area contributed by atoms with E-state index in [-0.39, 0.29) is 5.91 Å². The first-order valence-electron chi connectivity index (χ1n) is 12.9. The summed E-state index contributed by atoms with van der Waals surface area (Å²) in [6, 6.07) is 7.51. The zero-order valence-electron chi connectivity index (χ0n) is 21.5. The molecule has 0 radical (unpaired) electrons. The van der Waals surface area contributed by atoms with Crippen LogP contribution in [-0.4, -0.2) is 93.2 Å². The van der Waals surface area contributed by atoms with Gasteiger partial charge in [0.05, 0.1) is 0 Å². The number of oxazole rings is 1. The number of carbonyl (C=O) groups is 1. The fourth-order valence-electron chi connectivity index (χ4n) is 4.99. The SMILES string of the molecule is CN1CCC(CN2CCN(C(=O)CCc3oc(Sc4nncn4C)nc3-c3ccc(Cl)cc3)CC2)CC1. The summed E-state index contributed by atoms with van der Waals surface area (Å²) >= 11 is 7.41. The van der Waals surface area contributed by atoms with E-state index in [1.54, 1.807) is 6.33 Å². The Kier molecular flexibility index (Phi) is 8.49. The molecule has 3 aromatic rings. The smallest absolute Gasteiger partial charge is 0.264 e. The molecule has 2 aromatic heterocycles.